The molecule has 1 atom stereocenters. The summed E-state index contributed by atoms with van der Waals surface area (Å²) < 4.78 is 10.5. The van der Waals surface area contributed by atoms with Crippen molar-refractivity contribution in [1.82, 2.24) is 0 Å². The number of methoxy groups -OCH3 is 2. The first-order valence-electron chi connectivity index (χ1n) is 5.68. The first-order chi connectivity index (χ1) is 8.06. The number of benzene rings is 1. The van der Waals surface area contributed by atoms with Crippen molar-refractivity contribution in [1.29, 1.82) is 0 Å². The summed E-state index contributed by atoms with van der Waals surface area (Å²) in [7, 11) is 3.31. The molecule has 0 fully saturated rings. The molecule has 1 aromatic rings. The summed E-state index contributed by atoms with van der Waals surface area (Å²) in [5, 5.41) is 0.538. The van der Waals surface area contributed by atoms with Gasteiger partial charge in [0, 0.05) is 23.7 Å². The Morgan fingerprint density at radius 1 is 1.29 bits per heavy atom. The van der Waals surface area contributed by atoms with Crippen molar-refractivity contribution in [2.24, 2.45) is 5.73 Å². The number of hydrogen-bond acceptors (Lipinski definition) is 4. The van der Waals surface area contributed by atoms with Crippen LogP contribution in [0.1, 0.15) is 19.4 Å². The predicted octanol–water partition coefficient (Wildman–Crippen LogP) is 2.67. The molecular weight excluding hydrogens is 234 g/mol. The van der Waals surface area contributed by atoms with Gasteiger partial charge in [0.25, 0.3) is 0 Å². The molecule has 4 heteroatoms. The Hall–Kier alpha value is -0.710. The highest BCUT2D eigenvalue weighted by molar-refractivity contribution is 8.00. The molecule has 0 heterocycles. The van der Waals surface area contributed by atoms with E-state index >= 15 is 0 Å². The van der Waals surface area contributed by atoms with Gasteiger partial charge < -0.3 is 15.2 Å². The van der Waals surface area contributed by atoms with Crippen LogP contribution in [-0.4, -0.2) is 25.7 Å². The van der Waals surface area contributed by atoms with Crippen molar-refractivity contribution in [3.63, 3.8) is 0 Å². The molecule has 1 unspecified atom stereocenters. The monoisotopic (exact) mass is 255 g/mol. The highest BCUT2D eigenvalue weighted by Gasteiger charge is 2.09. The van der Waals surface area contributed by atoms with E-state index in [-0.39, 0.29) is 6.23 Å². The summed E-state index contributed by atoms with van der Waals surface area (Å²) in [4.78, 5) is 1.16. The SMILES string of the molecule is COc1cc(CC(N)OC)ccc1SC(C)C. The van der Waals surface area contributed by atoms with Crippen molar-refractivity contribution in [3.05, 3.63) is 23.8 Å². The Bertz CT molecular complexity index is 355. The summed E-state index contributed by atoms with van der Waals surface area (Å²) in [6.45, 7) is 4.33. The smallest absolute Gasteiger partial charge is 0.132 e. The maximum atomic E-state index is 5.75. The lowest BCUT2D eigenvalue weighted by Gasteiger charge is -2.14. The summed E-state index contributed by atoms with van der Waals surface area (Å²) in [5.41, 5.74) is 6.88. The Kier molecular flexibility index (Phi) is 5.82. The third-order valence-electron chi connectivity index (χ3n) is 2.33. The molecule has 0 radical (unpaired) electrons. The Morgan fingerprint density at radius 2 is 2.00 bits per heavy atom. The number of hydrogen-bond donors (Lipinski definition) is 1. The van der Waals surface area contributed by atoms with Crippen LogP contribution < -0.4 is 10.5 Å². The van der Waals surface area contributed by atoms with Gasteiger partial charge in [-0.25, -0.2) is 0 Å². The maximum Gasteiger partial charge on any atom is 0.132 e. The van der Waals surface area contributed by atoms with E-state index in [0.717, 1.165) is 16.2 Å². The molecule has 0 bridgehead atoms. The lowest BCUT2D eigenvalue weighted by molar-refractivity contribution is 0.109. The van der Waals surface area contributed by atoms with Crippen LogP contribution in [0.25, 0.3) is 0 Å². The second kappa shape index (κ2) is 6.89. The third kappa shape index (κ3) is 4.58. The Labute approximate surface area is 108 Å². The van der Waals surface area contributed by atoms with Crippen LogP contribution in [0.5, 0.6) is 5.75 Å². The normalized spacial score (nSPS) is 12.8. The van der Waals surface area contributed by atoms with E-state index in [0.29, 0.717) is 11.7 Å². The third-order valence-corrected chi connectivity index (χ3v) is 3.39. The Morgan fingerprint density at radius 3 is 2.53 bits per heavy atom. The highest BCUT2D eigenvalue weighted by atomic mass is 32.2. The van der Waals surface area contributed by atoms with Crippen LogP contribution in [0.3, 0.4) is 0 Å². The van der Waals surface area contributed by atoms with Crippen molar-refractivity contribution in [2.45, 2.75) is 36.6 Å². The van der Waals surface area contributed by atoms with Crippen LogP contribution in [0, 0.1) is 0 Å². The lowest BCUT2D eigenvalue weighted by atomic mass is 10.1. The zero-order valence-electron chi connectivity index (χ0n) is 10.9. The van der Waals surface area contributed by atoms with Crippen molar-refractivity contribution in [2.75, 3.05) is 14.2 Å². The van der Waals surface area contributed by atoms with E-state index in [1.807, 2.05) is 6.07 Å². The van der Waals surface area contributed by atoms with Crippen LogP contribution in [-0.2, 0) is 11.2 Å². The van der Waals surface area contributed by atoms with Crippen molar-refractivity contribution < 1.29 is 9.47 Å². The quantitative estimate of drug-likeness (QED) is 0.627. The minimum absolute atomic E-state index is 0.261. The van der Waals surface area contributed by atoms with Crippen molar-refractivity contribution in [3.8, 4) is 5.75 Å². The molecule has 0 aliphatic carbocycles. The zero-order chi connectivity index (χ0) is 12.8. The van der Waals surface area contributed by atoms with Gasteiger partial charge >= 0.3 is 0 Å². The van der Waals surface area contributed by atoms with E-state index in [4.69, 9.17) is 15.2 Å². The molecule has 2 N–H and O–H groups in total. The highest BCUT2D eigenvalue weighted by Crippen LogP contribution is 2.32. The molecule has 0 amide bonds. The van der Waals surface area contributed by atoms with E-state index in [9.17, 15) is 0 Å². The van der Waals surface area contributed by atoms with Gasteiger partial charge in [0.15, 0.2) is 0 Å². The summed E-state index contributed by atoms with van der Waals surface area (Å²) in [6.07, 6.45) is 0.433. The topological polar surface area (TPSA) is 44.5 Å². The summed E-state index contributed by atoms with van der Waals surface area (Å²) >= 11 is 1.80. The number of nitrogens with two attached hydrogens (primary N) is 1. The molecule has 0 aromatic heterocycles. The standard InChI is InChI=1S/C13H21NO2S/c1-9(2)17-12-6-5-10(7-11(12)15-3)8-13(14)16-4/h5-7,9,13H,8,14H2,1-4H3. The van der Waals surface area contributed by atoms with Gasteiger partial charge in [-0.05, 0) is 17.7 Å². The molecule has 1 rings (SSSR count). The van der Waals surface area contributed by atoms with Gasteiger partial charge in [0.1, 0.15) is 12.0 Å². The minimum Gasteiger partial charge on any atom is -0.496 e. The molecule has 0 saturated heterocycles. The molecule has 0 aliphatic rings. The summed E-state index contributed by atoms with van der Waals surface area (Å²) in [5.74, 6) is 0.907. The average molecular weight is 255 g/mol. The minimum atomic E-state index is -0.261. The first-order valence-corrected chi connectivity index (χ1v) is 6.56. The molecule has 17 heavy (non-hydrogen) atoms. The van der Waals surface area contributed by atoms with Gasteiger partial charge in [0.2, 0.25) is 0 Å². The predicted molar refractivity (Wildman–Crippen MR) is 72.7 cm³/mol. The fourth-order valence-corrected chi connectivity index (χ4v) is 2.42. The van der Waals surface area contributed by atoms with Gasteiger partial charge in [-0.15, -0.1) is 11.8 Å². The lowest BCUT2D eigenvalue weighted by Crippen LogP contribution is -2.24. The van der Waals surface area contributed by atoms with Crippen LogP contribution in [0.4, 0.5) is 0 Å². The zero-order valence-corrected chi connectivity index (χ0v) is 11.7. The molecule has 3 nitrogen and oxygen atoms in total. The van der Waals surface area contributed by atoms with E-state index in [2.05, 4.69) is 26.0 Å². The number of rotatable bonds is 6. The first kappa shape index (κ1) is 14.4. The molecular formula is C13H21NO2S. The molecule has 1 aromatic carbocycles. The van der Waals surface area contributed by atoms with Gasteiger partial charge in [-0.1, -0.05) is 19.9 Å². The fraction of sp³-hybridized carbons (Fsp3) is 0.538. The van der Waals surface area contributed by atoms with Gasteiger partial charge in [-0.3, -0.25) is 0 Å². The number of thioether (sulfide) groups is 1. The molecule has 0 spiro atoms. The van der Waals surface area contributed by atoms with Crippen LogP contribution >= 0.6 is 11.8 Å². The van der Waals surface area contributed by atoms with Gasteiger partial charge in [0.05, 0.1) is 7.11 Å². The number of ether oxygens (including phenoxy) is 2. The second-order valence-electron chi connectivity index (χ2n) is 4.13. The van der Waals surface area contributed by atoms with E-state index in [1.165, 1.54) is 0 Å². The second-order valence-corrected chi connectivity index (χ2v) is 5.75. The maximum absolute atomic E-state index is 5.75. The van der Waals surface area contributed by atoms with E-state index in [1.54, 1.807) is 26.0 Å². The molecule has 0 aliphatic heterocycles. The fourth-order valence-electron chi connectivity index (χ4n) is 1.51. The van der Waals surface area contributed by atoms with Crippen molar-refractivity contribution >= 4 is 11.8 Å². The van der Waals surface area contributed by atoms with E-state index < -0.39 is 0 Å². The van der Waals surface area contributed by atoms with Crippen LogP contribution in [0.2, 0.25) is 0 Å². The van der Waals surface area contributed by atoms with Gasteiger partial charge in [-0.2, -0.15) is 0 Å². The Balaban J connectivity index is 2.84. The summed E-state index contributed by atoms with van der Waals surface area (Å²) in [6, 6.07) is 6.19. The molecule has 96 valence electrons. The average Bonchev–Trinajstić information content (AvgIpc) is 2.30. The largest absolute Gasteiger partial charge is 0.496 e. The molecule has 0 saturated carbocycles. The van der Waals surface area contributed by atoms with Crippen LogP contribution in [0.15, 0.2) is 23.1 Å².